The predicted octanol–water partition coefficient (Wildman–Crippen LogP) is 0.413. The minimum absolute atomic E-state index is 0.0680. The number of nitrogens with zero attached hydrogens (tertiary/aromatic N) is 2. The van der Waals surface area contributed by atoms with Crippen LogP contribution in [0.25, 0.3) is 0 Å². The lowest BCUT2D eigenvalue weighted by Crippen LogP contribution is -2.59. The molecule has 1 aromatic rings. The predicted molar refractivity (Wildman–Crippen MR) is 87.2 cm³/mol. The van der Waals surface area contributed by atoms with Gasteiger partial charge in [-0.2, -0.15) is 0 Å². The number of piperazine rings is 1. The minimum Gasteiger partial charge on any atom is -0.508 e. The van der Waals surface area contributed by atoms with Crippen LogP contribution < -0.4 is 5.32 Å². The Kier molecular flexibility index (Phi) is 5.15. The smallest absolute Gasteiger partial charge is 0.242 e. The number of nitrogens with one attached hydrogen (secondary N) is 1. The molecule has 2 N–H and O–H groups in total. The first-order chi connectivity index (χ1) is 11.1. The number of phenols is 1. The average molecular weight is 319 g/mol. The minimum atomic E-state index is -0.221. The van der Waals surface area contributed by atoms with E-state index in [2.05, 4.69) is 10.2 Å². The molecule has 2 aliphatic heterocycles. The number of aromatic hydroxyl groups is 1. The fourth-order valence-electron chi connectivity index (χ4n) is 3.25. The van der Waals surface area contributed by atoms with Gasteiger partial charge in [-0.05, 0) is 24.6 Å². The summed E-state index contributed by atoms with van der Waals surface area (Å²) in [4.78, 5) is 16.8. The highest BCUT2D eigenvalue weighted by atomic mass is 16.5. The molecular formula is C17H25N3O3. The molecule has 0 saturated carbocycles. The van der Waals surface area contributed by atoms with Crippen molar-refractivity contribution in [3.8, 4) is 5.75 Å². The van der Waals surface area contributed by atoms with Crippen LogP contribution in [-0.4, -0.2) is 72.3 Å². The molecule has 1 amide bonds. The molecule has 0 aliphatic carbocycles. The number of rotatable bonds is 3. The summed E-state index contributed by atoms with van der Waals surface area (Å²) in [7, 11) is 0. The number of benzene rings is 1. The van der Waals surface area contributed by atoms with Gasteiger partial charge in [0.1, 0.15) is 11.8 Å². The molecule has 0 bridgehead atoms. The van der Waals surface area contributed by atoms with Gasteiger partial charge in [-0.3, -0.25) is 9.69 Å². The molecule has 2 fully saturated rings. The maximum atomic E-state index is 12.6. The van der Waals surface area contributed by atoms with E-state index in [9.17, 15) is 9.90 Å². The number of hydrogen-bond acceptors (Lipinski definition) is 5. The first kappa shape index (κ1) is 16.2. The zero-order valence-corrected chi connectivity index (χ0v) is 13.6. The van der Waals surface area contributed by atoms with E-state index in [1.165, 1.54) is 0 Å². The van der Waals surface area contributed by atoms with E-state index in [-0.39, 0.29) is 18.1 Å². The van der Waals surface area contributed by atoms with Crippen LogP contribution in [0.15, 0.2) is 24.3 Å². The van der Waals surface area contributed by atoms with Crippen molar-refractivity contribution < 1.29 is 14.6 Å². The lowest BCUT2D eigenvalue weighted by molar-refractivity contribution is -0.141. The number of hydrogen-bond donors (Lipinski definition) is 2. The zero-order chi connectivity index (χ0) is 16.2. The Balaban J connectivity index is 1.51. The van der Waals surface area contributed by atoms with Gasteiger partial charge < -0.3 is 20.1 Å². The second-order valence-corrected chi connectivity index (χ2v) is 6.28. The monoisotopic (exact) mass is 319 g/mol. The molecule has 6 nitrogen and oxygen atoms in total. The standard InChI is InChI=1S/C17H25N3O3/c1-13-16(18-5-10-23-13)17(22)20-8-6-19(7-9-20)12-14-3-2-4-15(21)11-14/h2-4,11,13,16,18,21H,5-10,12H2,1H3/t13-,16+/m1/s1. The van der Waals surface area contributed by atoms with Gasteiger partial charge >= 0.3 is 0 Å². The first-order valence-corrected chi connectivity index (χ1v) is 8.27. The largest absolute Gasteiger partial charge is 0.508 e. The summed E-state index contributed by atoms with van der Waals surface area (Å²) in [6.45, 7) is 7.34. The zero-order valence-electron chi connectivity index (χ0n) is 13.6. The van der Waals surface area contributed by atoms with Crippen LogP contribution in [-0.2, 0) is 16.1 Å². The lowest BCUT2D eigenvalue weighted by atomic mass is 10.1. The Labute approximate surface area is 137 Å². The summed E-state index contributed by atoms with van der Waals surface area (Å²) in [5.41, 5.74) is 1.10. The highest BCUT2D eigenvalue weighted by molar-refractivity contribution is 5.82. The van der Waals surface area contributed by atoms with Gasteiger partial charge in [-0.1, -0.05) is 12.1 Å². The molecule has 23 heavy (non-hydrogen) atoms. The number of morpholine rings is 1. The SMILES string of the molecule is C[C@H]1OCCN[C@@H]1C(=O)N1CCN(Cc2cccc(O)c2)CC1. The van der Waals surface area contributed by atoms with Gasteiger partial charge in [-0.25, -0.2) is 0 Å². The van der Waals surface area contributed by atoms with Crippen LogP contribution >= 0.6 is 0 Å². The maximum Gasteiger partial charge on any atom is 0.242 e. The highest BCUT2D eigenvalue weighted by Gasteiger charge is 2.33. The van der Waals surface area contributed by atoms with E-state index < -0.39 is 0 Å². The average Bonchev–Trinajstić information content (AvgIpc) is 2.55. The van der Waals surface area contributed by atoms with Crippen LogP contribution in [0.3, 0.4) is 0 Å². The summed E-state index contributed by atoms with van der Waals surface area (Å²) in [6.07, 6.45) is -0.0680. The highest BCUT2D eigenvalue weighted by Crippen LogP contribution is 2.15. The lowest BCUT2D eigenvalue weighted by Gasteiger charge is -2.38. The summed E-state index contributed by atoms with van der Waals surface area (Å²) in [5.74, 6) is 0.447. The fraction of sp³-hybridized carbons (Fsp3) is 0.588. The third kappa shape index (κ3) is 4.02. The fourth-order valence-corrected chi connectivity index (χ4v) is 3.25. The quantitative estimate of drug-likeness (QED) is 0.845. The van der Waals surface area contributed by atoms with E-state index in [0.29, 0.717) is 12.4 Å². The molecule has 126 valence electrons. The van der Waals surface area contributed by atoms with E-state index in [1.54, 1.807) is 12.1 Å². The van der Waals surface area contributed by atoms with Crippen molar-refractivity contribution in [3.05, 3.63) is 29.8 Å². The summed E-state index contributed by atoms with van der Waals surface area (Å²) in [6, 6.07) is 7.13. The van der Waals surface area contributed by atoms with Gasteiger partial charge in [0.25, 0.3) is 0 Å². The number of amides is 1. The van der Waals surface area contributed by atoms with Gasteiger partial charge in [0, 0.05) is 39.3 Å². The first-order valence-electron chi connectivity index (χ1n) is 8.27. The van der Waals surface area contributed by atoms with Gasteiger partial charge in [0.05, 0.1) is 12.7 Å². The Hall–Kier alpha value is -1.63. The van der Waals surface area contributed by atoms with Crippen molar-refractivity contribution in [1.82, 2.24) is 15.1 Å². The summed E-state index contributed by atoms with van der Waals surface area (Å²) in [5, 5.41) is 12.8. The van der Waals surface area contributed by atoms with Crippen molar-refractivity contribution >= 4 is 5.91 Å². The maximum absolute atomic E-state index is 12.6. The molecule has 2 atom stereocenters. The summed E-state index contributed by atoms with van der Waals surface area (Å²) < 4.78 is 5.57. The molecule has 6 heteroatoms. The third-order valence-corrected chi connectivity index (χ3v) is 4.58. The van der Waals surface area contributed by atoms with E-state index in [1.807, 2.05) is 24.0 Å². The van der Waals surface area contributed by atoms with Crippen molar-refractivity contribution in [2.24, 2.45) is 0 Å². The number of carbonyl (C=O) groups excluding carboxylic acids is 1. The second kappa shape index (κ2) is 7.29. The van der Waals surface area contributed by atoms with Crippen molar-refractivity contribution in [1.29, 1.82) is 0 Å². The van der Waals surface area contributed by atoms with Crippen LogP contribution in [0.2, 0.25) is 0 Å². The van der Waals surface area contributed by atoms with Crippen LogP contribution in [0.1, 0.15) is 12.5 Å². The number of carbonyl (C=O) groups is 1. The molecule has 0 unspecified atom stereocenters. The van der Waals surface area contributed by atoms with Crippen molar-refractivity contribution in [2.75, 3.05) is 39.3 Å². The van der Waals surface area contributed by atoms with Crippen LogP contribution in [0, 0.1) is 0 Å². The van der Waals surface area contributed by atoms with Crippen LogP contribution in [0.5, 0.6) is 5.75 Å². The molecule has 2 saturated heterocycles. The number of phenolic OH excluding ortho intramolecular Hbond substituents is 1. The topological polar surface area (TPSA) is 65.0 Å². The number of ether oxygens (including phenoxy) is 1. The van der Waals surface area contributed by atoms with Gasteiger partial charge in [0.15, 0.2) is 0 Å². The Bertz CT molecular complexity index is 544. The van der Waals surface area contributed by atoms with E-state index in [0.717, 1.165) is 44.8 Å². The van der Waals surface area contributed by atoms with Crippen LogP contribution in [0.4, 0.5) is 0 Å². The molecule has 0 spiro atoms. The Morgan fingerprint density at radius 1 is 1.35 bits per heavy atom. The van der Waals surface area contributed by atoms with Crippen molar-refractivity contribution in [2.45, 2.75) is 25.6 Å². The van der Waals surface area contributed by atoms with Gasteiger partial charge in [0.2, 0.25) is 5.91 Å². The van der Waals surface area contributed by atoms with E-state index in [4.69, 9.17) is 4.74 Å². The third-order valence-electron chi connectivity index (χ3n) is 4.58. The van der Waals surface area contributed by atoms with Crippen molar-refractivity contribution in [3.63, 3.8) is 0 Å². The molecular weight excluding hydrogens is 294 g/mol. The molecule has 1 aromatic carbocycles. The Morgan fingerprint density at radius 3 is 2.83 bits per heavy atom. The van der Waals surface area contributed by atoms with E-state index >= 15 is 0 Å². The normalized spacial score (nSPS) is 26.2. The Morgan fingerprint density at radius 2 is 2.13 bits per heavy atom. The second-order valence-electron chi connectivity index (χ2n) is 6.28. The molecule has 0 aromatic heterocycles. The molecule has 2 aliphatic rings. The molecule has 0 radical (unpaired) electrons. The summed E-state index contributed by atoms with van der Waals surface area (Å²) >= 11 is 0. The molecule has 2 heterocycles. The molecule has 3 rings (SSSR count). The van der Waals surface area contributed by atoms with Gasteiger partial charge in [-0.15, -0.1) is 0 Å².